The van der Waals surface area contributed by atoms with Gasteiger partial charge in [-0.05, 0) is 6.42 Å². The van der Waals surface area contributed by atoms with Crippen LogP contribution in [0, 0.1) is 5.41 Å². The summed E-state index contributed by atoms with van der Waals surface area (Å²) in [5.41, 5.74) is 0.906. The van der Waals surface area contributed by atoms with Gasteiger partial charge in [0.15, 0.2) is 0 Å². The van der Waals surface area contributed by atoms with Crippen LogP contribution in [0.4, 0.5) is 4.79 Å². The normalized spacial score (nSPS) is 23.8. The summed E-state index contributed by atoms with van der Waals surface area (Å²) in [7, 11) is 3.19. The molecule has 1 saturated heterocycles. The Morgan fingerprint density at radius 2 is 1.88 bits per heavy atom. The van der Waals surface area contributed by atoms with E-state index in [-0.39, 0.29) is 17.4 Å². The zero-order chi connectivity index (χ0) is 18.5. The van der Waals surface area contributed by atoms with Crippen LogP contribution in [-0.4, -0.2) is 82.1 Å². The number of likely N-dealkylation sites (N-methyl/N-ethyl adjacent to an activating group) is 2. The summed E-state index contributed by atoms with van der Waals surface area (Å²) >= 11 is 0. The highest BCUT2D eigenvalue weighted by Gasteiger charge is 2.54. The molecule has 136 valence electrons. The molecule has 0 bridgehead atoms. The molecule has 0 aliphatic carbocycles. The lowest BCUT2D eigenvalue weighted by Crippen LogP contribution is -2.62. The lowest BCUT2D eigenvalue weighted by atomic mass is 9.89. The van der Waals surface area contributed by atoms with Crippen LogP contribution in [0.2, 0.25) is 0 Å². The maximum Gasteiger partial charge on any atom is 0.416 e. The Labute approximate surface area is 148 Å². The summed E-state index contributed by atoms with van der Waals surface area (Å²) in [6.07, 6.45) is 2.03. The maximum absolute atomic E-state index is 12.8. The second kappa shape index (κ2) is 5.93. The summed E-state index contributed by atoms with van der Waals surface area (Å²) in [6.45, 7) is 9.78. The quantitative estimate of drug-likeness (QED) is 0.720. The fraction of sp³-hybridized carbons (Fsp3) is 0.706. The van der Waals surface area contributed by atoms with E-state index in [1.807, 2.05) is 9.58 Å². The van der Waals surface area contributed by atoms with E-state index in [1.165, 1.54) is 16.8 Å². The van der Waals surface area contributed by atoms with E-state index < -0.39 is 6.04 Å². The molecular weight excluding hydrogens is 320 g/mol. The molecular formula is C17H27N6O2+. The minimum atomic E-state index is -0.556. The topological polar surface area (TPSA) is 71.6 Å². The maximum atomic E-state index is 12.8. The van der Waals surface area contributed by atoms with Crippen molar-refractivity contribution in [3.8, 4) is 0 Å². The highest BCUT2D eigenvalue weighted by molar-refractivity contribution is 6.23. The average Bonchev–Trinajstić information content (AvgIpc) is 2.94. The van der Waals surface area contributed by atoms with Crippen molar-refractivity contribution in [1.29, 1.82) is 0 Å². The molecule has 0 aromatic heterocycles. The molecule has 1 atom stereocenters. The third kappa shape index (κ3) is 2.73. The van der Waals surface area contributed by atoms with Crippen LogP contribution in [0.25, 0.3) is 0 Å². The number of hydrogen-bond acceptors (Lipinski definition) is 5. The molecule has 3 rings (SSSR count). The lowest BCUT2D eigenvalue weighted by Gasteiger charge is -2.33. The van der Waals surface area contributed by atoms with Crippen molar-refractivity contribution in [1.82, 2.24) is 14.8 Å². The molecule has 3 aliphatic heterocycles. The molecule has 25 heavy (non-hydrogen) atoms. The van der Waals surface area contributed by atoms with Gasteiger partial charge >= 0.3 is 12.0 Å². The predicted molar refractivity (Wildman–Crippen MR) is 95.8 cm³/mol. The first-order chi connectivity index (χ1) is 11.7. The van der Waals surface area contributed by atoms with Crippen molar-refractivity contribution in [3.05, 3.63) is 0 Å². The van der Waals surface area contributed by atoms with Gasteiger partial charge < -0.3 is 0 Å². The number of amides is 3. The van der Waals surface area contributed by atoms with E-state index in [4.69, 9.17) is 5.10 Å². The van der Waals surface area contributed by atoms with Gasteiger partial charge in [0.1, 0.15) is 6.54 Å². The standard InChI is InChI=1S/C17H27N6O2/c1-7-8-9-23-15-18-13-12(14(24)21(6)16(25)20(13)5)22(15)10-11(19-23)17(2,3)4/h12H,7-10H2,1-6H3/q+1. The number of urea groups is 1. The first-order valence-electron chi connectivity index (χ1n) is 8.79. The molecule has 1 unspecified atom stereocenters. The third-order valence-electron chi connectivity index (χ3n) is 4.89. The summed E-state index contributed by atoms with van der Waals surface area (Å²) in [6, 6.07) is -0.905. The minimum absolute atomic E-state index is 0.107. The number of imide groups is 1. The molecule has 8 heteroatoms. The van der Waals surface area contributed by atoms with Crippen LogP contribution >= 0.6 is 0 Å². The molecule has 0 N–H and O–H groups in total. The monoisotopic (exact) mass is 347 g/mol. The predicted octanol–water partition coefficient (Wildman–Crippen LogP) is 1.18. The van der Waals surface area contributed by atoms with Crippen molar-refractivity contribution in [2.24, 2.45) is 15.5 Å². The number of carbonyl (C=O) groups is 2. The van der Waals surface area contributed by atoms with Gasteiger partial charge in [0.25, 0.3) is 5.91 Å². The molecule has 8 nitrogen and oxygen atoms in total. The summed E-state index contributed by atoms with van der Waals surface area (Å²) < 4.78 is 1.99. The van der Waals surface area contributed by atoms with Crippen molar-refractivity contribution in [3.63, 3.8) is 0 Å². The van der Waals surface area contributed by atoms with Gasteiger partial charge in [-0.1, -0.05) is 39.1 Å². The van der Waals surface area contributed by atoms with E-state index in [0.29, 0.717) is 18.3 Å². The molecule has 0 radical (unpaired) electrons. The van der Waals surface area contributed by atoms with Crippen LogP contribution < -0.4 is 0 Å². The number of unbranched alkanes of at least 4 members (excludes halogenated alkanes) is 1. The Morgan fingerprint density at radius 1 is 1.20 bits per heavy atom. The fourth-order valence-corrected chi connectivity index (χ4v) is 3.18. The molecule has 0 aromatic carbocycles. The van der Waals surface area contributed by atoms with Crippen LogP contribution in [0.1, 0.15) is 40.5 Å². The van der Waals surface area contributed by atoms with E-state index >= 15 is 0 Å². The van der Waals surface area contributed by atoms with Crippen molar-refractivity contribution in [2.75, 3.05) is 27.2 Å². The molecule has 3 aliphatic rings. The second-order valence-corrected chi connectivity index (χ2v) is 7.81. The second-order valence-electron chi connectivity index (χ2n) is 7.81. The number of carbonyl (C=O) groups excluding carboxylic acids is 2. The lowest BCUT2D eigenvalue weighted by molar-refractivity contribution is -0.528. The van der Waals surface area contributed by atoms with Gasteiger partial charge in [0, 0.05) is 19.5 Å². The molecule has 3 amide bonds. The number of fused-ring (bicyclic) bond motifs is 2. The Morgan fingerprint density at radius 3 is 2.48 bits per heavy atom. The van der Waals surface area contributed by atoms with Gasteiger partial charge in [-0.15, -0.1) is 10.1 Å². The highest BCUT2D eigenvalue weighted by Crippen LogP contribution is 2.26. The van der Waals surface area contributed by atoms with Gasteiger partial charge in [0.05, 0.1) is 12.3 Å². The molecule has 0 saturated carbocycles. The number of aliphatic imine (C=N–C) groups is 1. The Kier molecular flexibility index (Phi) is 4.17. The van der Waals surface area contributed by atoms with Gasteiger partial charge in [-0.25, -0.2) is 9.37 Å². The van der Waals surface area contributed by atoms with Gasteiger partial charge in [0.2, 0.25) is 11.9 Å². The molecule has 1 fully saturated rings. The van der Waals surface area contributed by atoms with Crippen LogP contribution in [0.15, 0.2) is 10.1 Å². The molecule has 3 heterocycles. The van der Waals surface area contributed by atoms with Crippen LogP contribution in [-0.2, 0) is 4.79 Å². The fourth-order valence-electron chi connectivity index (χ4n) is 3.18. The first kappa shape index (κ1) is 17.6. The van der Waals surface area contributed by atoms with Gasteiger partial charge in [-0.2, -0.15) is 0 Å². The number of hydrazone groups is 1. The van der Waals surface area contributed by atoms with Crippen LogP contribution in [0.5, 0.6) is 0 Å². The minimum Gasteiger partial charge on any atom is -0.270 e. The largest absolute Gasteiger partial charge is 0.416 e. The summed E-state index contributed by atoms with van der Waals surface area (Å²) in [5, 5.41) is 6.71. The SMILES string of the molecule is CCCCN1N=C(C(C)(C)C)C[N+]2=C1N=C1C2C(=O)N(C)C(=O)N1C. The van der Waals surface area contributed by atoms with Crippen molar-refractivity contribution in [2.45, 2.75) is 46.6 Å². The Hall–Kier alpha value is -2.25. The number of amidine groups is 1. The zero-order valence-electron chi connectivity index (χ0n) is 15.9. The smallest absolute Gasteiger partial charge is 0.270 e. The summed E-state index contributed by atoms with van der Waals surface area (Å²) in [5.74, 6) is 0.933. The number of rotatable bonds is 3. The van der Waals surface area contributed by atoms with E-state index in [1.54, 1.807) is 7.05 Å². The number of hydrogen-bond donors (Lipinski definition) is 0. The number of nitrogens with zero attached hydrogens (tertiary/aromatic N) is 6. The van der Waals surface area contributed by atoms with Crippen molar-refractivity contribution < 1.29 is 14.2 Å². The molecule has 0 aromatic rings. The Bertz CT molecular complexity index is 715. The van der Waals surface area contributed by atoms with E-state index in [0.717, 1.165) is 25.1 Å². The summed E-state index contributed by atoms with van der Waals surface area (Å²) in [4.78, 5) is 32.3. The average molecular weight is 347 g/mol. The first-order valence-corrected chi connectivity index (χ1v) is 8.79. The zero-order valence-corrected chi connectivity index (χ0v) is 15.9. The van der Waals surface area contributed by atoms with Crippen molar-refractivity contribution >= 4 is 29.4 Å². The Balaban J connectivity index is 2.03. The van der Waals surface area contributed by atoms with Crippen LogP contribution in [0.3, 0.4) is 0 Å². The third-order valence-corrected chi connectivity index (χ3v) is 4.89. The highest BCUT2D eigenvalue weighted by atomic mass is 16.2. The van der Waals surface area contributed by atoms with Gasteiger partial charge in [-0.3, -0.25) is 14.6 Å². The van der Waals surface area contributed by atoms with E-state index in [2.05, 4.69) is 32.7 Å². The van der Waals surface area contributed by atoms with E-state index in [9.17, 15) is 9.59 Å². The molecule has 0 spiro atoms. The number of guanidine groups is 1.